The van der Waals surface area contributed by atoms with Crippen molar-refractivity contribution in [1.82, 2.24) is 9.88 Å². The van der Waals surface area contributed by atoms with Crippen LogP contribution in [0.3, 0.4) is 0 Å². The van der Waals surface area contributed by atoms with Gasteiger partial charge < -0.3 is 9.80 Å². The van der Waals surface area contributed by atoms with E-state index >= 15 is 0 Å². The second-order valence-electron chi connectivity index (χ2n) is 5.38. The number of anilines is 1. The van der Waals surface area contributed by atoms with Crippen LogP contribution in [0.2, 0.25) is 0 Å². The molecule has 0 saturated heterocycles. The predicted octanol–water partition coefficient (Wildman–Crippen LogP) is 3.27. The van der Waals surface area contributed by atoms with E-state index in [1.165, 1.54) is 36.9 Å². The zero-order valence-electron chi connectivity index (χ0n) is 11.2. The molecule has 0 N–H and O–H groups in total. The molecule has 0 aromatic carbocycles. The lowest BCUT2D eigenvalue weighted by Crippen LogP contribution is -2.41. The van der Waals surface area contributed by atoms with Gasteiger partial charge in [-0.15, -0.1) is 0 Å². The molecule has 0 spiro atoms. The van der Waals surface area contributed by atoms with E-state index in [2.05, 4.69) is 47.1 Å². The molecule has 3 nitrogen and oxygen atoms in total. The number of aryl methyl sites for hydroxylation is 1. The van der Waals surface area contributed by atoms with Crippen LogP contribution in [0.15, 0.2) is 30.9 Å². The summed E-state index contributed by atoms with van der Waals surface area (Å²) in [7, 11) is 0. The maximum absolute atomic E-state index is 4.25. The van der Waals surface area contributed by atoms with Crippen LogP contribution in [-0.4, -0.2) is 22.1 Å². The average molecular weight is 243 g/mol. The van der Waals surface area contributed by atoms with Crippen LogP contribution in [0.25, 0.3) is 0 Å². The highest BCUT2D eigenvalue weighted by atomic mass is 15.4. The Morgan fingerprint density at radius 1 is 1.22 bits per heavy atom. The van der Waals surface area contributed by atoms with E-state index in [-0.39, 0.29) is 0 Å². The minimum Gasteiger partial charge on any atom is -0.353 e. The number of nitrogens with zero attached hydrogens (tertiary/aromatic N) is 3. The lowest BCUT2D eigenvalue weighted by atomic mass is 10.2. The van der Waals surface area contributed by atoms with Gasteiger partial charge in [0.25, 0.3) is 0 Å². The minimum absolute atomic E-state index is 0.413. The van der Waals surface area contributed by atoms with Crippen molar-refractivity contribution in [2.45, 2.75) is 51.7 Å². The van der Waals surface area contributed by atoms with E-state index in [0.717, 1.165) is 6.04 Å². The van der Waals surface area contributed by atoms with Crippen molar-refractivity contribution < 1.29 is 0 Å². The predicted molar refractivity (Wildman–Crippen MR) is 74.2 cm³/mol. The van der Waals surface area contributed by atoms with Gasteiger partial charge in [-0.2, -0.15) is 0 Å². The maximum atomic E-state index is 4.25. The smallest absolute Gasteiger partial charge is 0.103 e. The first-order valence-corrected chi connectivity index (χ1v) is 6.92. The van der Waals surface area contributed by atoms with Crippen molar-refractivity contribution in [2.24, 2.45) is 0 Å². The van der Waals surface area contributed by atoms with Crippen molar-refractivity contribution in [3.63, 3.8) is 0 Å². The molecule has 0 bridgehead atoms. The van der Waals surface area contributed by atoms with Gasteiger partial charge in [-0.05, 0) is 38.3 Å². The van der Waals surface area contributed by atoms with Gasteiger partial charge in [0.05, 0.1) is 11.9 Å². The lowest BCUT2D eigenvalue weighted by Gasteiger charge is -2.34. The van der Waals surface area contributed by atoms with Crippen LogP contribution >= 0.6 is 0 Å². The van der Waals surface area contributed by atoms with E-state index in [1.54, 1.807) is 0 Å². The summed E-state index contributed by atoms with van der Waals surface area (Å²) in [5, 5.41) is 0. The van der Waals surface area contributed by atoms with E-state index in [1.807, 2.05) is 12.4 Å². The minimum atomic E-state index is 0.413. The summed E-state index contributed by atoms with van der Waals surface area (Å²) < 4.78 is 0. The fraction of sp³-hybridized carbons (Fsp3) is 0.533. The second kappa shape index (κ2) is 4.63. The first-order chi connectivity index (χ1) is 8.77. The molecule has 2 heterocycles. The Kier molecular flexibility index (Phi) is 2.98. The van der Waals surface area contributed by atoms with Gasteiger partial charge in [-0.3, -0.25) is 4.98 Å². The van der Waals surface area contributed by atoms with Crippen LogP contribution in [0, 0.1) is 6.92 Å². The zero-order chi connectivity index (χ0) is 12.5. The Morgan fingerprint density at radius 2 is 2.00 bits per heavy atom. The third-order valence-electron chi connectivity index (χ3n) is 4.27. The molecule has 1 aliphatic carbocycles. The molecular weight excluding hydrogens is 222 g/mol. The summed E-state index contributed by atoms with van der Waals surface area (Å²) in [6.07, 6.45) is 14.1. The summed E-state index contributed by atoms with van der Waals surface area (Å²) in [6, 6.07) is 2.81. The summed E-state index contributed by atoms with van der Waals surface area (Å²) in [5.74, 6) is 0. The maximum Gasteiger partial charge on any atom is 0.103 e. The van der Waals surface area contributed by atoms with Crippen LogP contribution in [0.5, 0.6) is 0 Å². The molecule has 0 radical (unpaired) electrons. The molecule has 3 heteroatoms. The molecule has 2 aliphatic rings. The van der Waals surface area contributed by atoms with Gasteiger partial charge in [0.2, 0.25) is 0 Å². The van der Waals surface area contributed by atoms with Gasteiger partial charge in [-0.1, -0.05) is 12.8 Å². The van der Waals surface area contributed by atoms with Gasteiger partial charge in [0, 0.05) is 24.6 Å². The first kappa shape index (κ1) is 11.6. The quantitative estimate of drug-likeness (QED) is 0.794. The molecule has 1 fully saturated rings. The van der Waals surface area contributed by atoms with Crippen LogP contribution in [0.4, 0.5) is 5.69 Å². The molecule has 1 saturated carbocycles. The van der Waals surface area contributed by atoms with Gasteiger partial charge >= 0.3 is 0 Å². The van der Waals surface area contributed by atoms with Crippen molar-refractivity contribution in [1.29, 1.82) is 0 Å². The third kappa shape index (κ3) is 1.88. The summed E-state index contributed by atoms with van der Waals surface area (Å²) in [4.78, 5) is 9.10. The summed E-state index contributed by atoms with van der Waals surface area (Å²) in [5.41, 5.74) is 2.51. The number of rotatable bonds is 2. The summed E-state index contributed by atoms with van der Waals surface area (Å²) >= 11 is 0. The highest BCUT2D eigenvalue weighted by Crippen LogP contribution is 2.32. The van der Waals surface area contributed by atoms with Crippen LogP contribution < -0.4 is 4.90 Å². The molecule has 0 unspecified atom stereocenters. The fourth-order valence-electron chi connectivity index (χ4n) is 3.18. The fourth-order valence-corrected chi connectivity index (χ4v) is 3.18. The van der Waals surface area contributed by atoms with Crippen molar-refractivity contribution in [3.05, 3.63) is 36.4 Å². The molecule has 0 amide bonds. The second-order valence-corrected chi connectivity index (χ2v) is 5.38. The van der Waals surface area contributed by atoms with E-state index in [0.29, 0.717) is 6.17 Å². The Labute approximate surface area is 109 Å². The monoisotopic (exact) mass is 243 g/mol. The molecule has 3 rings (SSSR count). The number of pyridine rings is 1. The van der Waals surface area contributed by atoms with E-state index in [4.69, 9.17) is 0 Å². The van der Waals surface area contributed by atoms with Gasteiger partial charge in [0.1, 0.15) is 6.17 Å². The Hall–Kier alpha value is -1.51. The Bertz CT molecular complexity index is 449. The first-order valence-electron chi connectivity index (χ1n) is 6.92. The molecule has 96 valence electrons. The van der Waals surface area contributed by atoms with Crippen LogP contribution in [-0.2, 0) is 0 Å². The Morgan fingerprint density at radius 3 is 2.72 bits per heavy atom. The zero-order valence-corrected chi connectivity index (χ0v) is 11.2. The van der Waals surface area contributed by atoms with E-state index < -0.39 is 0 Å². The van der Waals surface area contributed by atoms with Crippen molar-refractivity contribution in [2.75, 3.05) is 4.90 Å². The largest absolute Gasteiger partial charge is 0.353 e. The molecule has 1 atom stereocenters. The molecular formula is C15H21N3. The average Bonchev–Trinajstić information content (AvgIpc) is 2.99. The Balaban J connectivity index is 1.80. The normalized spacial score (nSPS) is 24.2. The van der Waals surface area contributed by atoms with Gasteiger partial charge in [-0.25, -0.2) is 0 Å². The van der Waals surface area contributed by atoms with Crippen LogP contribution in [0.1, 0.15) is 38.2 Å². The highest BCUT2D eigenvalue weighted by Gasteiger charge is 2.30. The van der Waals surface area contributed by atoms with E-state index in [9.17, 15) is 0 Å². The number of hydrogen-bond acceptors (Lipinski definition) is 3. The number of aromatic nitrogens is 1. The third-order valence-corrected chi connectivity index (χ3v) is 4.27. The lowest BCUT2D eigenvalue weighted by molar-refractivity contribution is 0.237. The van der Waals surface area contributed by atoms with Crippen molar-refractivity contribution >= 4 is 5.69 Å². The SMILES string of the molecule is Cc1ccncc1N1C=CN(C2CCCC2)[C@H]1C. The molecule has 1 aliphatic heterocycles. The topological polar surface area (TPSA) is 19.4 Å². The molecule has 1 aromatic heterocycles. The highest BCUT2D eigenvalue weighted by molar-refractivity contribution is 5.55. The molecule has 18 heavy (non-hydrogen) atoms. The van der Waals surface area contributed by atoms with Gasteiger partial charge in [0.15, 0.2) is 0 Å². The molecule has 1 aromatic rings. The summed E-state index contributed by atoms with van der Waals surface area (Å²) in [6.45, 7) is 4.43. The standard InChI is InChI=1S/C15H21N3/c1-12-7-8-16-11-15(12)18-10-9-17(13(18)2)14-5-3-4-6-14/h7-11,13-14H,3-6H2,1-2H3/t13-/m1/s1. The number of hydrogen-bond donors (Lipinski definition) is 0. The van der Waals surface area contributed by atoms with Crippen molar-refractivity contribution in [3.8, 4) is 0 Å².